The molecule has 0 rings (SSSR count). The van der Waals surface area contributed by atoms with Gasteiger partial charge in [0.2, 0.25) is 0 Å². The predicted molar refractivity (Wildman–Crippen MR) is 36.3 cm³/mol. The van der Waals surface area contributed by atoms with Crippen molar-refractivity contribution in [3.8, 4) is 0 Å². The predicted octanol–water partition coefficient (Wildman–Crippen LogP) is 2.59. The molecule has 0 fully saturated rings. The Morgan fingerprint density at radius 1 is 1.44 bits per heavy atom. The van der Waals surface area contributed by atoms with E-state index in [1.807, 2.05) is 0 Å². The van der Waals surface area contributed by atoms with Gasteiger partial charge in [-0.05, 0) is 0 Å². The van der Waals surface area contributed by atoms with Crippen LogP contribution in [0.3, 0.4) is 0 Å². The van der Waals surface area contributed by atoms with Crippen LogP contribution in [0.4, 0.5) is 8.78 Å². The van der Waals surface area contributed by atoms with Crippen LogP contribution >= 0.6 is 0 Å². The number of hydrogen-bond acceptors (Lipinski definition) is 0. The minimum absolute atomic E-state index is 0.253. The van der Waals surface area contributed by atoms with Crippen LogP contribution in [0.15, 0.2) is 0 Å². The van der Waals surface area contributed by atoms with Crippen molar-refractivity contribution in [2.45, 2.75) is 35.1 Å². The summed E-state index contributed by atoms with van der Waals surface area (Å²) in [7, 11) is 0. The van der Waals surface area contributed by atoms with Crippen LogP contribution in [0, 0.1) is 0 Å². The zero-order valence-corrected chi connectivity index (χ0v) is 8.52. The average Bonchev–Trinajstić information content (AvgIpc) is 1.80. The van der Waals surface area contributed by atoms with Crippen LogP contribution in [0.25, 0.3) is 0 Å². The van der Waals surface area contributed by atoms with E-state index in [0.29, 0.717) is 0 Å². The SMILES string of the molecule is CCC[CH2][Sn][CH2]C(F)F. The van der Waals surface area contributed by atoms with Crippen molar-refractivity contribution in [1.29, 1.82) is 0 Å². The first-order valence-corrected chi connectivity index (χ1v) is 7.30. The van der Waals surface area contributed by atoms with Gasteiger partial charge in [-0.25, -0.2) is 0 Å². The van der Waals surface area contributed by atoms with Gasteiger partial charge in [-0.1, -0.05) is 0 Å². The third kappa shape index (κ3) is 8.66. The van der Waals surface area contributed by atoms with Crippen molar-refractivity contribution < 1.29 is 8.78 Å². The van der Waals surface area contributed by atoms with Crippen LogP contribution < -0.4 is 0 Å². The van der Waals surface area contributed by atoms with Gasteiger partial charge in [-0.3, -0.25) is 0 Å². The molecule has 0 heterocycles. The number of rotatable bonds is 5. The molecule has 0 atom stereocenters. The summed E-state index contributed by atoms with van der Waals surface area (Å²) in [5.41, 5.74) is 0. The van der Waals surface area contributed by atoms with Gasteiger partial charge in [-0.2, -0.15) is 0 Å². The maximum atomic E-state index is 11.5. The normalized spacial score (nSPS) is 10.7. The molecule has 0 saturated heterocycles. The first kappa shape index (κ1) is 9.66. The van der Waals surface area contributed by atoms with Crippen molar-refractivity contribution in [2.24, 2.45) is 0 Å². The summed E-state index contributed by atoms with van der Waals surface area (Å²) in [4.78, 5) is 0. The summed E-state index contributed by atoms with van der Waals surface area (Å²) in [6.45, 7) is 2.10. The van der Waals surface area contributed by atoms with Crippen LogP contribution in [0.1, 0.15) is 19.8 Å². The summed E-state index contributed by atoms with van der Waals surface area (Å²) in [5, 5.41) is 0. The van der Waals surface area contributed by atoms with Crippen molar-refractivity contribution in [1.82, 2.24) is 0 Å². The summed E-state index contributed by atoms with van der Waals surface area (Å²) in [5.74, 6) is 0. The van der Waals surface area contributed by atoms with Crippen molar-refractivity contribution in [3.05, 3.63) is 0 Å². The number of halogens is 2. The van der Waals surface area contributed by atoms with Gasteiger partial charge in [0, 0.05) is 0 Å². The van der Waals surface area contributed by atoms with Gasteiger partial charge in [0.1, 0.15) is 0 Å². The molecule has 3 heteroatoms. The first-order chi connectivity index (χ1) is 4.27. The van der Waals surface area contributed by atoms with E-state index in [0.717, 1.165) is 10.9 Å². The van der Waals surface area contributed by atoms with Crippen molar-refractivity contribution >= 4 is 21.1 Å². The zero-order chi connectivity index (χ0) is 7.11. The molecule has 0 aromatic carbocycles. The van der Waals surface area contributed by atoms with Gasteiger partial charge in [0.05, 0.1) is 0 Å². The summed E-state index contributed by atoms with van der Waals surface area (Å²) in [6.07, 6.45) is 0.302. The molecule has 2 radical (unpaired) electrons. The molecule has 0 aliphatic rings. The average molecular weight is 241 g/mol. The molecular weight excluding hydrogens is 229 g/mol. The second-order valence-corrected chi connectivity index (χ2v) is 5.97. The molecule has 0 bridgehead atoms. The number of unbranched alkanes of at least 4 members (excludes halogenated alkanes) is 1. The van der Waals surface area contributed by atoms with Crippen molar-refractivity contribution in [3.63, 3.8) is 0 Å². The van der Waals surface area contributed by atoms with Crippen molar-refractivity contribution in [2.75, 3.05) is 0 Å². The van der Waals surface area contributed by atoms with Gasteiger partial charge in [0.15, 0.2) is 0 Å². The maximum absolute atomic E-state index is 11.5. The quantitative estimate of drug-likeness (QED) is 0.512. The molecule has 54 valence electrons. The van der Waals surface area contributed by atoms with Gasteiger partial charge in [0.25, 0.3) is 0 Å². The molecule has 0 N–H and O–H groups in total. The molecular formula is C6H12F2Sn. The zero-order valence-electron chi connectivity index (χ0n) is 5.66. The second-order valence-electron chi connectivity index (χ2n) is 1.95. The van der Waals surface area contributed by atoms with E-state index in [9.17, 15) is 8.78 Å². The van der Waals surface area contributed by atoms with Crippen LogP contribution in [-0.4, -0.2) is 27.6 Å². The Morgan fingerprint density at radius 3 is 2.56 bits per heavy atom. The molecule has 0 unspecified atom stereocenters. The topological polar surface area (TPSA) is 0 Å². The van der Waals surface area contributed by atoms with E-state index in [2.05, 4.69) is 6.92 Å². The Bertz CT molecular complexity index is 57.0. The Balaban J connectivity index is 2.75. The molecule has 0 aliphatic heterocycles. The third-order valence-electron chi connectivity index (χ3n) is 1.01. The van der Waals surface area contributed by atoms with E-state index in [1.165, 1.54) is 6.42 Å². The first-order valence-electron chi connectivity index (χ1n) is 3.26. The molecule has 0 amide bonds. The Morgan fingerprint density at radius 2 is 2.11 bits per heavy atom. The molecule has 9 heavy (non-hydrogen) atoms. The van der Waals surface area contributed by atoms with Crippen LogP contribution in [0.5, 0.6) is 0 Å². The molecule has 0 saturated carbocycles. The summed E-state index contributed by atoms with van der Waals surface area (Å²) in [6, 6.07) is 0. The number of hydrogen-bond donors (Lipinski definition) is 0. The van der Waals surface area contributed by atoms with E-state index in [-0.39, 0.29) is 4.44 Å². The minimum atomic E-state index is -2.02. The van der Waals surface area contributed by atoms with E-state index in [1.54, 1.807) is 0 Å². The molecule has 0 nitrogen and oxygen atoms in total. The second kappa shape index (κ2) is 6.77. The molecule has 0 spiro atoms. The third-order valence-corrected chi connectivity index (χ3v) is 4.73. The monoisotopic (exact) mass is 242 g/mol. The summed E-state index contributed by atoms with van der Waals surface area (Å²) >= 11 is -0.640. The Labute approximate surface area is 65.2 Å². The standard InChI is InChI=1S/C4H9.C2H3F2.Sn/c1-3-4-2;1-2(3)4;/h1,3-4H2,2H3;2H,1H2;. The van der Waals surface area contributed by atoms with Crippen LogP contribution in [-0.2, 0) is 0 Å². The Hall–Kier alpha value is 0.659. The molecule has 0 aromatic rings. The Kier molecular flexibility index (Phi) is 7.27. The fourth-order valence-corrected chi connectivity index (χ4v) is 3.44. The van der Waals surface area contributed by atoms with Crippen LogP contribution in [0.2, 0.25) is 8.87 Å². The van der Waals surface area contributed by atoms with E-state index in [4.69, 9.17) is 0 Å². The van der Waals surface area contributed by atoms with E-state index < -0.39 is 27.6 Å². The molecule has 0 aliphatic carbocycles. The number of alkyl halides is 2. The van der Waals surface area contributed by atoms with Gasteiger partial charge < -0.3 is 0 Å². The fourth-order valence-electron chi connectivity index (χ4n) is 0.513. The molecule has 0 aromatic heterocycles. The fraction of sp³-hybridized carbons (Fsp3) is 1.00. The van der Waals surface area contributed by atoms with Gasteiger partial charge >= 0.3 is 65.0 Å². The summed E-state index contributed by atoms with van der Waals surface area (Å²) < 4.78 is 24.4. The van der Waals surface area contributed by atoms with Gasteiger partial charge in [-0.15, -0.1) is 0 Å². The van der Waals surface area contributed by atoms with E-state index >= 15 is 0 Å².